The second-order valence-corrected chi connectivity index (χ2v) is 5.18. The molecule has 0 heterocycles. The summed E-state index contributed by atoms with van der Waals surface area (Å²) in [5.41, 5.74) is -0.337. The highest BCUT2D eigenvalue weighted by molar-refractivity contribution is 4.88. The average Bonchev–Trinajstić information content (AvgIpc) is 3.07. The molecule has 0 aromatic rings. The van der Waals surface area contributed by atoms with Crippen LogP contribution in [-0.4, -0.2) is 47.5 Å². The first kappa shape index (κ1) is 12.9. The molecule has 0 atom stereocenters. The number of hydrogen-bond acceptors (Lipinski definition) is 3. The molecule has 3 nitrogen and oxygen atoms in total. The van der Waals surface area contributed by atoms with Gasteiger partial charge in [-0.3, -0.25) is 4.90 Å². The molecule has 0 saturated heterocycles. The van der Waals surface area contributed by atoms with Crippen LogP contribution in [0, 0.1) is 5.41 Å². The van der Waals surface area contributed by atoms with Crippen molar-refractivity contribution in [3.8, 4) is 0 Å². The maximum absolute atomic E-state index is 9.28. The lowest BCUT2D eigenvalue weighted by Crippen LogP contribution is -2.42. The molecule has 0 unspecified atom stereocenters. The van der Waals surface area contributed by atoms with Gasteiger partial charge in [0, 0.05) is 18.0 Å². The van der Waals surface area contributed by atoms with Crippen LogP contribution in [0.2, 0.25) is 0 Å². The second kappa shape index (κ2) is 5.83. The fourth-order valence-corrected chi connectivity index (χ4v) is 1.83. The van der Waals surface area contributed by atoms with Gasteiger partial charge in [0.25, 0.3) is 0 Å². The fraction of sp³-hybridized carbons (Fsp3) is 1.00. The van der Waals surface area contributed by atoms with Gasteiger partial charge in [0.2, 0.25) is 0 Å². The first-order valence-corrected chi connectivity index (χ1v) is 6.11. The van der Waals surface area contributed by atoms with Crippen molar-refractivity contribution in [3.05, 3.63) is 0 Å². The number of aliphatic hydroxyl groups is 2. The van der Waals surface area contributed by atoms with Crippen LogP contribution in [0.15, 0.2) is 0 Å². The first-order chi connectivity index (χ1) is 7.15. The Morgan fingerprint density at radius 2 is 1.87 bits per heavy atom. The summed E-state index contributed by atoms with van der Waals surface area (Å²) >= 11 is 0. The number of unbranched alkanes of at least 4 members (excludes halogenated alkanes) is 1. The van der Waals surface area contributed by atoms with E-state index in [0.29, 0.717) is 6.04 Å². The summed E-state index contributed by atoms with van der Waals surface area (Å²) in [4.78, 5) is 2.44. The smallest absolute Gasteiger partial charge is 0.0519 e. The van der Waals surface area contributed by atoms with Crippen molar-refractivity contribution < 1.29 is 10.2 Å². The third-order valence-corrected chi connectivity index (χ3v) is 3.21. The van der Waals surface area contributed by atoms with Gasteiger partial charge in [-0.15, -0.1) is 0 Å². The molecule has 0 aromatic heterocycles. The molecule has 15 heavy (non-hydrogen) atoms. The van der Waals surface area contributed by atoms with Crippen molar-refractivity contribution in [2.45, 2.75) is 45.6 Å². The van der Waals surface area contributed by atoms with Crippen LogP contribution in [0.5, 0.6) is 0 Å². The minimum absolute atomic E-state index is 0.0683. The van der Waals surface area contributed by atoms with Gasteiger partial charge in [0.05, 0.1) is 13.2 Å². The zero-order chi connectivity index (χ0) is 11.3. The van der Waals surface area contributed by atoms with Gasteiger partial charge < -0.3 is 10.2 Å². The molecule has 0 amide bonds. The summed E-state index contributed by atoms with van der Waals surface area (Å²) in [6.07, 6.45) is 4.99. The molecule has 1 aliphatic rings. The van der Waals surface area contributed by atoms with Crippen molar-refractivity contribution in [2.75, 3.05) is 26.3 Å². The molecule has 2 N–H and O–H groups in total. The number of rotatable bonds is 8. The van der Waals surface area contributed by atoms with E-state index in [4.69, 9.17) is 0 Å². The molecule has 1 rings (SSSR count). The quantitative estimate of drug-likeness (QED) is 0.640. The van der Waals surface area contributed by atoms with E-state index in [1.807, 2.05) is 6.92 Å². The number of aliphatic hydroxyl groups excluding tert-OH is 2. The van der Waals surface area contributed by atoms with Gasteiger partial charge in [0.15, 0.2) is 0 Å². The standard InChI is InChI=1S/C12H25NO2/c1-3-4-7-13(11-5-6-11)8-12(2,9-14)10-15/h11,14-15H,3-10H2,1-2H3. The SMILES string of the molecule is CCCCN(CC(C)(CO)CO)C1CC1. The number of hydrogen-bond donors (Lipinski definition) is 2. The third kappa shape index (κ3) is 4.09. The Kier molecular flexibility index (Phi) is 5.03. The lowest BCUT2D eigenvalue weighted by molar-refractivity contribution is 0.0322. The second-order valence-electron chi connectivity index (χ2n) is 5.18. The van der Waals surface area contributed by atoms with Crippen LogP contribution >= 0.6 is 0 Å². The normalized spacial score (nSPS) is 17.4. The van der Waals surface area contributed by atoms with Gasteiger partial charge in [-0.1, -0.05) is 20.3 Å². The summed E-state index contributed by atoms with van der Waals surface area (Å²) in [6, 6.07) is 0.717. The van der Waals surface area contributed by atoms with E-state index in [2.05, 4.69) is 11.8 Å². The molecule has 0 bridgehead atoms. The molecular formula is C12H25NO2. The van der Waals surface area contributed by atoms with E-state index in [1.165, 1.54) is 25.7 Å². The molecular weight excluding hydrogens is 190 g/mol. The Morgan fingerprint density at radius 1 is 1.27 bits per heavy atom. The molecule has 1 fully saturated rings. The van der Waals surface area contributed by atoms with Crippen LogP contribution in [0.3, 0.4) is 0 Å². The van der Waals surface area contributed by atoms with Gasteiger partial charge >= 0.3 is 0 Å². The largest absolute Gasteiger partial charge is 0.396 e. The van der Waals surface area contributed by atoms with Gasteiger partial charge in [-0.2, -0.15) is 0 Å². The minimum Gasteiger partial charge on any atom is -0.396 e. The van der Waals surface area contributed by atoms with E-state index in [-0.39, 0.29) is 18.6 Å². The zero-order valence-corrected chi connectivity index (χ0v) is 10.1. The highest BCUT2D eigenvalue weighted by atomic mass is 16.3. The highest BCUT2D eigenvalue weighted by Gasteiger charge is 2.34. The van der Waals surface area contributed by atoms with Crippen LogP contribution in [-0.2, 0) is 0 Å². The minimum atomic E-state index is -0.337. The van der Waals surface area contributed by atoms with Gasteiger partial charge in [-0.05, 0) is 25.8 Å². The van der Waals surface area contributed by atoms with Crippen LogP contribution in [0.25, 0.3) is 0 Å². The Morgan fingerprint density at radius 3 is 2.27 bits per heavy atom. The summed E-state index contributed by atoms with van der Waals surface area (Å²) in [6.45, 7) is 6.22. The molecule has 1 aliphatic carbocycles. The average molecular weight is 215 g/mol. The van der Waals surface area contributed by atoms with Crippen molar-refractivity contribution in [2.24, 2.45) is 5.41 Å². The maximum Gasteiger partial charge on any atom is 0.0519 e. The summed E-state index contributed by atoms with van der Waals surface area (Å²) in [5.74, 6) is 0. The predicted molar refractivity (Wildman–Crippen MR) is 61.8 cm³/mol. The Labute approximate surface area is 93.1 Å². The van der Waals surface area contributed by atoms with E-state index in [0.717, 1.165) is 13.1 Å². The summed E-state index contributed by atoms with van der Waals surface area (Å²) in [7, 11) is 0. The Hall–Kier alpha value is -0.120. The van der Waals surface area contributed by atoms with Crippen LogP contribution in [0.1, 0.15) is 39.5 Å². The Bertz CT molecular complexity index is 176. The van der Waals surface area contributed by atoms with Gasteiger partial charge in [0.1, 0.15) is 0 Å². The lowest BCUT2D eigenvalue weighted by atomic mass is 9.92. The van der Waals surface area contributed by atoms with Crippen molar-refractivity contribution in [1.29, 1.82) is 0 Å². The highest BCUT2D eigenvalue weighted by Crippen LogP contribution is 2.30. The van der Waals surface area contributed by atoms with E-state index in [9.17, 15) is 10.2 Å². The fourth-order valence-electron chi connectivity index (χ4n) is 1.83. The zero-order valence-electron chi connectivity index (χ0n) is 10.1. The number of nitrogens with zero attached hydrogens (tertiary/aromatic N) is 1. The third-order valence-electron chi connectivity index (χ3n) is 3.21. The first-order valence-electron chi connectivity index (χ1n) is 6.11. The summed E-state index contributed by atoms with van der Waals surface area (Å²) < 4.78 is 0. The van der Waals surface area contributed by atoms with E-state index >= 15 is 0 Å². The lowest BCUT2D eigenvalue weighted by Gasteiger charge is -2.33. The predicted octanol–water partition coefficient (Wildman–Crippen LogP) is 1.24. The van der Waals surface area contributed by atoms with Crippen molar-refractivity contribution >= 4 is 0 Å². The van der Waals surface area contributed by atoms with Crippen LogP contribution < -0.4 is 0 Å². The summed E-state index contributed by atoms with van der Waals surface area (Å²) in [5, 5.41) is 18.6. The van der Waals surface area contributed by atoms with Gasteiger partial charge in [-0.25, -0.2) is 0 Å². The van der Waals surface area contributed by atoms with E-state index in [1.54, 1.807) is 0 Å². The van der Waals surface area contributed by atoms with Crippen molar-refractivity contribution in [3.63, 3.8) is 0 Å². The topological polar surface area (TPSA) is 43.7 Å². The maximum atomic E-state index is 9.28. The Balaban J connectivity index is 2.41. The molecule has 0 aromatic carbocycles. The molecule has 90 valence electrons. The van der Waals surface area contributed by atoms with E-state index < -0.39 is 0 Å². The van der Waals surface area contributed by atoms with Crippen molar-refractivity contribution in [1.82, 2.24) is 4.90 Å². The molecule has 0 spiro atoms. The molecule has 0 aliphatic heterocycles. The van der Waals surface area contributed by atoms with Crippen LogP contribution in [0.4, 0.5) is 0 Å². The molecule has 1 saturated carbocycles. The molecule has 3 heteroatoms. The molecule has 0 radical (unpaired) electrons. The monoisotopic (exact) mass is 215 g/mol.